The molecular formula is C30H33FN4O. The number of carbonyl (C=O) groups is 1. The highest BCUT2D eigenvalue weighted by Gasteiger charge is 2.27. The maximum absolute atomic E-state index is 13.2. The Hall–Kier alpha value is -3.69. The minimum atomic E-state index is -0.400. The Morgan fingerprint density at radius 2 is 1.61 bits per heavy atom. The van der Waals surface area contributed by atoms with Gasteiger partial charge in [-0.2, -0.15) is 5.26 Å². The summed E-state index contributed by atoms with van der Waals surface area (Å²) < 4.78 is 13.2. The molecule has 36 heavy (non-hydrogen) atoms. The molecule has 0 unspecified atom stereocenters. The number of nitriles is 1. The zero-order valence-electron chi connectivity index (χ0n) is 20.5. The van der Waals surface area contributed by atoms with E-state index in [0.717, 1.165) is 56.6 Å². The third-order valence-electron chi connectivity index (χ3n) is 7.02. The third kappa shape index (κ3) is 7.16. The molecule has 0 saturated carbocycles. The lowest BCUT2D eigenvalue weighted by Gasteiger charge is -2.36. The van der Waals surface area contributed by atoms with Crippen LogP contribution in [0.25, 0.3) is 0 Å². The summed E-state index contributed by atoms with van der Waals surface area (Å²) >= 11 is 0. The summed E-state index contributed by atoms with van der Waals surface area (Å²) in [5.74, 6) is 0.417. The topological polar surface area (TPSA) is 59.4 Å². The third-order valence-corrected chi connectivity index (χ3v) is 7.02. The molecule has 0 spiro atoms. The molecule has 3 aromatic rings. The number of rotatable bonds is 9. The van der Waals surface area contributed by atoms with Gasteiger partial charge >= 0.3 is 6.03 Å². The van der Waals surface area contributed by atoms with Gasteiger partial charge in [0.15, 0.2) is 6.19 Å². The summed E-state index contributed by atoms with van der Waals surface area (Å²) in [6.45, 7) is 2.91. The lowest BCUT2D eigenvalue weighted by molar-refractivity contribution is 0.178. The Balaban J connectivity index is 1.42. The summed E-state index contributed by atoms with van der Waals surface area (Å²) in [7, 11) is 0. The smallest absolute Gasteiger partial charge is 0.303 e. The quantitative estimate of drug-likeness (QED) is 0.309. The van der Waals surface area contributed by atoms with Crippen molar-refractivity contribution in [2.24, 2.45) is 5.92 Å². The second-order valence-corrected chi connectivity index (χ2v) is 9.50. The normalized spacial score (nSPS) is 15.1. The molecule has 1 atom stereocenters. The highest BCUT2D eigenvalue weighted by molar-refractivity contribution is 5.93. The number of anilines is 1. The van der Waals surface area contributed by atoms with Crippen LogP contribution >= 0.6 is 0 Å². The molecule has 1 saturated heterocycles. The van der Waals surface area contributed by atoms with Crippen LogP contribution in [-0.4, -0.2) is 36.6 Å². The van der Waals surface area contributed by atoms with Gasteiger partial charge in [0.1, 0.15) is 5.82 Å². The van der Waals surface area contributed by atoms with E-state index < -0.39 is 6.03 Å². The van der Waals surface area contributed by atoms with Crippen LogP contribution in [0.15, 0.2) is 84.9 Å². The van der Waals surface area contributed by atoms with Crippen LogP contribution < -0.4 is 10.2 Å². The van der Waals surface area contributed by atoms with Gasteiger partial charge in [0, 0.05) is 18.3 Å². The molecule has 186 valence electrons. The van der Waals surface area contributed by atoms with Crippen LogP contribution in [0.3, 0.4) is 0 Å². The Labute approximate surface area is 213 Å². The molecule has 0 bridgehead atoms. The van der Waals surface area contributed by atoms with Crippen molar-refractivity contribution in [1.82, 2.24) is 10.2 Å². The molecule has 5 nitrogen and oxygen atoms in total. The van der Waals surface area contributed by atoms with Gasteiger partial charge in [0.2, 0.25) is 0 Å². The van der Waals surface area contributed by atoms with Gasteiger partial charge in [-0.15, -0.1) is 0 Å². The number of amides is 2. The van der Waals surface area contributed by atoms with Crippen LogP contribution in [0.5, 0.6) is 0 Å². The van der Waals surface area contributed by atoms with Gasteiger partial charge in [-0.3, -0.25) is 4.90 Å². The van der Waals surface area contributed by atoms with E-state index in [1.54, 1.807) is 11.1 Å². The first-order valence-corrected chi connectivity index (χ1v) is 12.7. The standard InChI is InChI=1S/C30H33FN4O/c31-27-13-11-25(12-14-27)21-26-15-18-34(19-16-26)20-17-29(22-24-7-3-1-4-8-24)35(30(36)33-23-32)28-9-5-2-6-10-28/h1-14,26,29H,15-22H2,(H,33,36)/t29-/m0/s1. The van der Waals surface area contributed by atoms with Crippen molar-refractivity contribution in [3.8, 4) is 6.19 Å². The molecule has 6 heteroatoms. The van der Waals surface area contributed by atoms with Crippen LogP contribution in [0, 0.1) is 23.2 Å². The summed E-state index contributed by atoms with van der Waals surface area (Å²) in [5.41, 5.74) is 3.13. The molecule has 4 rings (SSSR count). The van der Waals surface area contributed by atoms with Crippen molar-refractivity contribution in [1.29, 1.82) is 5.26 Å². The fourth-order valence-corrected chi connectivity index (χ4v) is 5.10. The van der Waals surface area contributed by atoms with Crippen LogP contribution in [0.4, 0.5) is 14.9 Å². The number of nitrogens with one attached hydrogen (secondary N) is 1. The molecule has 1 aliphatic rings. The second kappa shape index (κ2) is 12.9. The number of carbonyl (C=O) groups excluding carboxylic acids is 1. The lowest BCUT2D eigenvalue weighted by atomic mass is 9.90. The molecule has 0 radical (unpaired) electrons. The van der Waals surface area contributed by atoms with E-state index in [9.17, 15) is 9.18 Å². The molecule has 1 N–H and O–H groups in total. The van der Waals surface area contributed by atoms with Crippen molar-refractivity contribution >= 4 is 11.7 Å². The zero-order valence-corrected chi connectivity index (χ0v) is 20.5. The largest absolute Gasteiger partial charge is 0.335 e. The molecule has 1 aliphatic heterocycles. The number of halogens is 1. The monoisotopic (exact) mass is 484 g/mol. The van der Waals surface area contributed by atoms with Gasteiger partial charge in [0.25, 0.3) is 0 Å². The Morgan fingerprint density at radius 1 is 0.972 bits per heavy atom. The molecule has 1 fully saturated rings. The van der Waals surface area contributed by atoms with Crippen LogP contribution in [0.2, 0.25) is 0 Å². The number of likely N-dealkylation sites (tertiary alicyclic amines) is 1. The molecule has 0 aliphatic carbocycles. The maximum atomic E-state index is 13.2. The predicted molar refractivity (Wildman–Crippen MR) is 141 cm³/mol. The second-order valence-electron chi connectivity index (χ2n) is 9.50. The van der Waals surface area contributed by atoms with Crippen molar-refractivity contribution in [3.63, 3.8) is 0 Å². The number of hydrogen-bond donors (Lipinski definition) is 1. The van der Waals surface area contributed by atoms with Crippen LogP contribution in [0.1, 0.15) is 30.4 Å². The Bertz CT molecular complexity index is 1120. The zero-order chi connectivity index (χ0) is 25.2. The van der Waals surface area contributed by atoms with Gasteiger partial charge in [0.05, 0.1) is 0 Å². The number of piperidine rings is 1. The molecule has 3 aromatic carbocycles. The van der Waals surface area contributed by atoms with Crippen molar-refractivity contribution < 1.29 is 9.18 Å². The first-order chi connectivity index (χ1) is 17.6. The SMILES string of the molecule is N#CNC(=O)N(c1ccccc1)[C@@H](CCN1CCC(Cc2ccc(F)cc2)CC1)Cc1ccccc1. The highest BCUT2D eigenvalue weighted by atomic mass is 19.1. The summed E-state index contributed by atoms with van der Waals surface area (Å²) in [4.78, 5) is 17.2. The fraction of sp³-hybridized carbons (Fsp3) is 0.333. The number of benzene rings is 3. The molecule has 2 amide bonds. The average molecular weight is 485 g/mol. The van der Waals surface area contributed by atoms with Gasteiger partial charge in [-0.25, -0.2) is 14.5 Å². The highest BCUT2D eigenvalue weighted by Crippen LogP contribution is 2.25. The van der Waals surface area contributed by atoms with Gasteiger partial charge in [-0.05, 0) is 86.5 Å². The minimum absolute atomic E-state index is 0.0971. The van der Waals surface area contributed by atoms with Crippen molar-refractivity contribution in [3.05, 3.63) is 102 Å². The summed E-state index contributed by atoms with van der Waals surface area (Å²) in [6.07, 6.45) is 6.50. The van der Waals surface area contributed by atoms with E-state index in [4.69, 9.17) is 5.26 Å². The Kier molecular flexibility index (Phi) is 9.07. The summed E-state index contributed by atoms with van der Waals surface area (Å²) in [6, 6.07) is 26.1. The molecule has 1 heterocycles. The van der Waals surface area contributed by atoms with E-state index in [-0.39, 0.29) is 11.9 Å². The van der Waals surface area contributed by atoms with E-state index >= 15 is 0 Å². The first-order valence-electron chi connectivity index (χ1n) is 12.7. The number of para-hydroxylation sites is 1. The fourth-order valence-electron chi connectivity index (χ4n) is 5.10. The van der Waals surface area contributed by atoms with Crippen molar-refractivity contribution in [2.45, 2.75) is 38.1 Å². The van der Waals surface area contributed by atoms with E-state index in [2.05, 4.69) is 22.3 Å². The van der Waals surface area contributed by atoms with E-state index in [1.165, 1.54) is 17.7 Å². The number of urea groups is 1. The van der Waals surface area contributed by atoms with Crippen LogP contribution in [-0.2, 0) is 12.8 Å². The number of hydrogen-bond acceptors (Lipinski definition) is 3. The Morgan fingerprint density at radius 3 is 2.25 bits per heavy atom. The van der Waals surface area contributed by atoms with Crippen molar-refractivity contribution in [2.75, 3.05) is 24.5 Å². The molecular weight excluding hydrogens is 451 g/mol. The lowest BCUT2D eigenvalue weighted by Crippen LogP contribution is -2.48. The van der Waals surface area contributed by atoms with E-state index in [0.29, 0.717) is 12.3 Å². The number of nitrogens with zero attached hydrogens (tertiary/aromatic N) is 3. The average Bonchev–Trinajstić information content (AvgIpc) is 2.91. The summed E-state index contributed by atoms with van der Waals surface area (Å²) in [5, 5.41) is 11.5. The molecule has 0 aromatic heterocycles. The predicted octanol–water partition coefficient (Wildman–Crippen LogP) is 5.78. The van der Waals surface area contributed by atoms with Gasteiger partial charge in [-0.1, -0.05) is 60.7 Å². The maximum Gasteiger partial charge on any atom is 0.335 e. The van der Waals surface area contributed by atoms with Gasteiger partial charge < -0.3 is 4.90 Å². The van der Waals surface area contributed by atoms with E-state index in [1.807, 2.05) is 60.7 Å². The first kappa shape index (κ1) is 25.4. The minimum Gasteiger partial charge on any atom is -0.303 e.